The van der Waals surface area contributed by atoms with Gasteiger partial charge in [0.25, 0.3) is 0 Å². The topological polar surface area (TPSA) is 111 Å². The zero-order chi connectivity index (χ0) is 14.9. The van der Waals surface area contributed by atoms with Gasteiger partial charge in [-0.2, -0.15) is 5.10 Å². The first kappa shape index (κ1) is 13.7. The number of nitrogens with zero attached hydrogens (tertiary/aromatic N) is 4. The third-order valence-corrected chi connectivity index (χ3v) is 2.91. The van der Waals surface area contributed by atoms with Gasteiger partial charge in [-0.1, -0.05) is 0 Å². The van der Waals surface area contributed by atoms with E-state index in [1.807, 2.05) is 0 Å². The predicted octanol–water partition coefficient (Wildman–Crippen LogP) is 1.55. The molecule has 2 heterocycles. The van der Waals surface area contributed by atoms with Crippen molar-refractivity contribution >= 4 is 11.7 Å². The first-order valence-electron chi connectivity index (χ1n) is 5.76. The number of hydrogen-bond acceptors (Lipinski definition) is 5. The van der Waals surface area contributed by atoms with E-state index < -0.39 is 10.9 Å². The second-order valence-electron chi connectivity index (χ2n) is 4.28. The average Bonchev–Trinajstić information content (AvgIpc) is 2.65. The molecular weight excluding hydrogens is 264 g/mol. The fourth-order valence-electron chi connectivity index (χ4n) is 1.90. The van der Waals surface area contributed by atoms with Crippen molar-refractivity contribution in [3.8, 4) is 0 Å². The van der Waals surface area contributed by atoms with Gasteiger partial charge in [-0.25, -0.2) is 4.79 Å². The van der Waals surface area contributed by atoms with E-state index in [1.165, 1.54) is 16.9 Å². The van der Waals surface area contributed by atoms with Crippen LogP contribution in [0.4, 0.5) is 5.69 Å². The lowest BCUT2D eigenvalue weighted by Gasteiger charge is -2.03. The van der Waals surface area contributed by atoms with Crippen molar-refractivity contribution in [3.05, 3.63) is 51.1 Å². The first-order valence-corrected chi connectivity index (χ1v) is 5.76. The SMILES string of the molecule is Cc1nn(Cc2ccc(C(=O)O)cn2)c(C)c1[N+](=O)[O-]. The summed E-state index contributed by atoms with van der Waals surface area (Å²) in [5.41, 5.74) is 1.45. The van der Waals surface area contributed by atoms with Crippen LogP contribution in [0.3, 0.4) is 0 Å². The maximum Gasteiger partial charge on any atom is 0.337 e. The van der Waals surface area contributed by atoms with Gasteiger partial charge >= 0.3 is 11.7 Å². The van der Waals surface area contributed by atoms with E-state index in [-0.39, 0.29) is 17.8 Å². The molecular formula is C12H12N4O4. The molecule has 0 fully saturated rings. The van der Waals surface area contributed by atoms with Gasteiger partial charge in [-0.15, -0.1) is 0 Å². The molecule has 20 heavy (non-hydrogen) atoms. The van der Waals surface area contributed by atoms with Crippen molar-refractivity contribution in [1.82, 2.24) is 14.8 Å². The van der Waals surface area contributed by atoms with Crippen LogP contribution in [0.2, 0.25) is 0 Å². The standard InChI is InChI=1S/C12H12N4O4/c1-7-11(16(19)20)8(2)15(14-7)6-10-4-3-9(5-13-10)12(17)18/h3-5H,6H2,1-2H3,(H,17,18). The predicted molar refractivity (Wildman–Crippen MR) is 68.7 cm³/mol. The highest BCUT2D eigenvalue weighted by Crippen LogP contribution is 2.22. The highest BCUT2D eigenvalue weighted by Gasteiger charge is 2.21. The molecule has 8 nitrogen and oxygen atoms in total. The van der Waals surface area contributed by atoms with E-state index >= 15 is 0 Å². The Kier molecular flexibility index (Phi) is 3.47. The van der Waals surface area contributed by atoms with Gasteiger partial charge in [0, 0.05) is 6.20 Å². The summed E-state index contributed by atoms with van der Waals surface area (Å²) in [5, 5.41) is 23.8. The molecule has 2 rings (SSSR count). The lowest BCUT2D eigenvalue weighted by Crippen LogP contribution is -2.07. The molecule has 0 bridgehead atoms. The van der Waals surface area contributed by atoms with E-state index in [2.05, 4.69) is 10.1 Å². The van der Waals surface area contributed by atoms with Crippen molar-refractivity contribution in [2.75, 3.05) is 0 Å². The lowest BCUT2D eigenvalue weighted by atomic mass is 10.2. The molecule has 0 spiro atoms. The molecule has 2 aromatic heterocycles. The maximum absolute atomic E-state index is 10.9. The van der Waals surface area contributed by atoms with Crippen molar-refractivity contribution < 1.29 is 14.8 Å². The number of carboxylic acid groups (broad SMARTS) is 1. The van der Waals surface area contributed by atoms with E-state index in [1.54, 1.807) is 19.9 Å². The summed E-state index contributed by atoms with van der Waals surface area (Å²) < 4.78 is 1.48. The molecule has 0 saturated heterocycles. The zero-order valence-corrected chi connectivity index (χ0v) is 10.9. The van der Waals surface area contributed by atoms with Crippen LogP contribution >= 0.6 is 0 Å². The third-order valence-electron chi connectivity index (χ3n) is 2.91. The molecule has 8 heteroatoms. The van der Waals surface area contributed by atoms with Crippen molar-refractivity contribution in [2.24, 2.45) is 0 Å². The number of carboxylic acids is 1. The van der Waals surface area contributed by atoms with Gasteiger partial charge in [0.15, 0.2) is 0 Å². The fourth-order valence-corrected chi connectivity index (χ4v) is 1.90. The summed E-state index contributed by atoms with van der Waals surface area (Å²) in [6.07, 6.45) is 1.25. The van der Waals surface area contributed by atoms with Crippen LogP contribution in [0, 0.1) is 24.0 Å². The van der Waals surface area contributed by atoms with Crippen LogP contribution in [0.5, 0.6) is 0 Å². The van der Waals surface area contributed by atoms with E-state index in [9.17, 15) is 14.9 Å². The van der Waals surface area contributed by atoms with E-state index in [0.717, 1.165) is 0 Å². The minimum Gasteiger partial charge on any atom is -0.478 e. The van der Waals surface area contributed by atoms with Gasteiger partial charge in [0.2, 0.25) is 0 Å². The summed E-state index contributed by atoms with van der Waals surface area (Å²) in [7, 11) is 0. The molecule has 0 unspecified atom stereocenters. The van der Waals surface area contributed by atoms with Crippen molar-refractivity contribution in [1.29, 1.82) is 0 Å². The molecule has 0 aliphatic carbocycles. The molecule has 0 atom stereocenters. The Morgan fingerprint density at radius 3 is 2.60 bits per heavy atom. The molecule has 104 valence electrons. The number of pyridine rings is 1. The molecule has 0 saturated carbocycles. The molecule has 2 aromatic rings. The van der Waals surface area contributed by atoms with Crippen LogP contribution in [0.1, 0.15) is 27.4 Å². The van der Waals surface area contributed by atoms with Crippen molar-refractivity contribution in [3.63, 3.8) is 0 Å². The number of carbonyl (C=O) groups is 1. The average molecular weight is 276 g/mol. The molecule has 0 amide bonds. The second-order valence-corrected chi connectivity index (χ2v) is 4.28. The quantitative estimate of drug-likeness (QED) is 0.669. The number of nitro groups is 1. The highest BCUT2D eigenvalue weighted by molar-refractivity contribution is 5.87. The van der Waals surface area contributed by atoms with Gasteiger partial charge in [-0.3, -0.25) is 19.8 Å². The minimum atomic E-state index is -1.05. The minimum absolute atomic E-state index is 0.00726. The monoisotopic (exact) mass is 276 g/mol. The summed E-state index contributed by atoms with van der Waals surface area (Å²) >= 11 is 0. The lowest BCUT2D eigenvalue weighted by molar-refractivity contribution is -0.386. The number of hydrogen-bond donors (Lipinski definition) is 1. The molecule has 0 aliphatic heterocycles. The second kappa shape index (κ2) is 5.08. The smallest absolute Gasteiger partial charge is 0.337 e. The largest absolute Gasteiger partial charge is 0.478 e. The fraction of sp³-hybridized carbons (Fsp3) is 0.250. The van der Waals surface area contributed by atoms with E-state index in [4.69, 9.17) is 5.11 Å². The first-order chi connectivity index (χ1) is 9.40. The number of aromatic carboxylic acids is 1. The normalized spacial score (nSPS) is 10.5. The summed E-state index contributed by atoms with van der Waals surface area (Å²) in [6, 6.07) is 3.00. The molecule has 0 aliphatic rings. The van der Waals surface area contributed by atoms with Gasteiger partial charge in [0.1, 0.15) is 11.4 Å². The Morgan fingerprint density at radius 1 is 1.45 bits per heavy atom. The summed E-state index contributed by atoms with van der Waals surface area (Å²) in [6.45, 7) is 3.44. The Balaban J connectivity index is 2.28. The van der Waals surface area contributed by atoms with Crippen molar-refractivity contribution in [2.45, 2.75) is 20.4 Å². The summed E-state index contributed by atoms with van der Waals surface area (Å²) in [4.78, 5) is 25.2. The highest BCUT2D eigenvalue weighted by atomic mass is 16.6. The number of rotatable bonds is 4. The Hall–Kier alpha value is -2.77. The Morgan fingerprint density at radius 2 is 2.15 bits per heavy atom. The third kappa shape index (κ3) is 2.48. The van der Waals surface area contributed by atoms with Gasteiger partial charge in [-0.05, 0) is 26.0 Å². The van der Waals surface area contributed by atoms with E-state index in [0.29, 0.717) is 17.1 Å². The van der Waals surface area contributed by atoms with Gasteiger partial charge in [0.05, 0.1) is 22.7 Å². The Labute approximate surface area is 113 Å². The van der Waals surface area contributed by atoms with Crippen LogP contribution in [0.15, 0.2) is 18.3 Å². The van der Waals surface area contributed by atoms with Crippen LogP contribution in [0.25, 0.3) is 0 Å². The molecule has 1 N–H and O–H groups in total. The Bertz CT molecular complexity index is 676. The zero-order valence-electron chi connectivity index (χ0n) is 10.9. The van der Waals surface area contributed by atoms with Crippen LogP contribution in [-0.2, 0) is 6.54 Å². The van der Waals surface area contributed by atoms with Gasteiger partial charge < -0.3 is 5.11 Å². The van der Waals surface area contributed by atoms with Crippen LogP contribution < -0.4 is 0 Å². The summed E-state index contributed by atoms with van der Waals surface area (Å²) in [5.74, 6) is -1.05. The maximum atomic E-state index is 10.9. The molecule has 0 radical (unpaired) electrons. The number of aryl methyl sites for hydroxylation is 1. The number of aromatic nitrogens is 3. The molecule has 0 aromatic carbocycles. The van der Waals surface area contributed by atoms with Crippen LogP contribution in [-0.4, -0.2) is 30.8 Å².